The minimum atomic E-state index is -0.538. The normalized spacial score (nSPS) is 11.2. The molecule has 3 aromatic heterocycles. The molecule has 4 rings (SSSR count). The van der Waals surface area contributed by atoms with Crippen molar-refractivity contribution in [2.75, 3.05) is 0 Å². The Kier molecular flexibility index (Phi) is 3.20. The number of fused-ring (bicyclic) bond motifs is 1. The van der Waals surface area contributed by atoms with Gasteiger partial charge in [-0.05, 0) is 42.1 Å². The second-order valence-electron chi connectivity index (χ2n) is 5.29. The Morgan fingerprint density at radius 3 is 2.96 bits per heavy atom. The van der Waals surface area contributed by atoms with Crippen LogP contribution in [-0.4, -0.2) is 21.0 Å². The van der Waals surface area contributed by atoms with E-state index < -0.39 is 5.91 Å². The van der Waals surface area contributed by atoms with Gasteiger partial charge in [-0.3, -0.25) is 4.79 Å². The molecule has 4 aromatic rings. The number of nitrogens with one attached hydrogen (secondary N) is 1. The lowest BCUT2D eigenvalue weighted by molar-refractivity contribution is 0.100. The van der Waals surface area contributed by atoms with Crippen molar-refractivity contribution in [2.45, 2.75) is 6.92 Å². The molecule has 0 saturated carbocycles. The number of benzene rings is 1. The van der Waals surface area contributed by atoms with Gasteiger partial charge < -0.3 is 15.2 Å². The Hall–Kier alpha value is -3.00. The zero-order valence-electron chi connectivity index (χ0n) is 12.5. The molecule has 3 heterocycles. The van der Waals surface area contributed by atoms with Crippen molar-refractivity contribution in [1.82, 2.24) is 15.1 Å². The summed E-state index contributed by atoms with van der Waals surface area (Å²) in [4.78, 5) is 19.2. The molecule has 0 radical (unpaired) electrons. The zero-order valence-corrected chi connectivity index (χ0v) is 13.3. The number of rotatable bonds is 3. The first-order valence-electron chi connectivity index (χ1n) is 7.04. The monoisotopic (exact) mass is 342 g/mol. The molecule has 0 unspecified atom stereocenters. The Labute approximate surface area is 139 Å². The molecule has 3 N–H and O–H groups in total. The maximum atomic E-state index is 13.4. The van der Waals surface area contributed by atoms with E-state index in [1.54, 1.807) is 12.1 Å². The number of aryl methyl sites for hydroxylation is 1. The fraction of sp³-hybridized carbons (Fsp3) is 0.0625. The van der Waals surface area contributed by atoms with E-state index in [2.05, 4.69) is 15.1 Å². The van der Waals surface area contributed by atoms with Gasteiger partial charge in [0.15, 0.2) is 0 Å². The summed E-state index contributed by atoms with van der Waals surface area (Å²) in [5.41, 5.74) is 6.98. The number of halogens is 1. The Morgan fingerprint density at radius 1 is 1.38 bits per heavy atom. The highest BCUT2D eigenvalue weighted by Gasteiger charge is 2.18. The molecule has 1 aromatic carbocycles. The number of carbonyl (C=O) groups excluding carboxylic acids is 1. The number of hydrogen-bond donors (Lipinski definition) is 2. The van der Waals surface area contributed by atoms with Crippen molar-refractivity contribution < 1.29 is 13.7 Å². The van der Waals surface area contributed by atoms with Crippen LogP contribution in [0.15, 0.2) is 35.0 Å². The van der Waals surface area contributed by atoms with Crippen LogP contribution in [-0.2, 0) is 0 Å². The molecule has 120 valence electrons. The second kappa shape index (κ2) is 5.27. The first-order chi connectivity index (χ1) is 11.5. The van der Waals surface area contributed by atoms with Crippen LogP contribution in [0, 0.1) is 12.7 Å². The minimum absolute atomic E-state index is 0.286. The summed E-state index contributed by atoms with van der Waals surface area (Å²) >= 11 is 1.46. The van der Waals surface area contributed by atoms with Crippen molar-refractivity contribution in [3.63, 3.8) is 0 Å². The number of nitrogens with two attached hydrogens (primary N) is 1. The predicted octanol–water partition coefficient (Wildman–Crippen LogP) is 3.49. The second-order valence-corrected chi connectivity index (χ2v) is 6.34. The molecular formula is C16H11FN4O2S. The average Bonchev–Trinajstić information content (AvgIpc) is 3.26. The van der Waals surface area contributed by atoms with Crippen molar-refractivity contribution in [2.24, 2.45) is 5.73 Å². The fourth-order valence-corrected chi connectivity index (χ4v) is 3.60. The number of H-pyrrole nitrogens is 1. The van der Waals surface area contributed by atoms with Crippen LogP contribution in [0.2, 0.25) is 0 Å². The first-order valence-corrected chi connectivity index (χ1v) is 7.86. The van der Waals surface area contributed by atoms with Gasteiger partial charge in [0.2, 0.25) is 11.7 Å². The Morgan fingerprint density at radius 2 is 2.21 bits per heavy atom. The maximum Gasteiger partial charge on any atom is 0.268 e. The Balaban J connectivity index is 1.77. The van der Waals surface area contributed by atoms with Crippen LogP contribution >= 0.6 is 11.3 Å². The topological polar surface area (TPSA) is 97.8 Å². The van der Waals surface area contributed by atoms with Gasteiger partial charge in [0, 0.05) is 10.9 Å². The standard InChI is InChI=1S/C16H11FN4O2S/c1-7-10-5-9(17)2-3-12(10)24-13(7)16-20-15(21-23-16)11-4-8(6-19-11)14(18)22/h2-6,19H,1H3,(H2,18,22). The molecule has 0 aliphatic heterocycles. The number of aromatic amines is 1. The lowest BCUT2D eigenvalue weighted by atomic mass is 10.1. The van der Waals surface area contributed by atoms with Crippen molar-refractivity contribution >= 4 is 27.3 Å². The summed E-state index contributed by atoms with van der Waals surface area (Å²) in [6, 6.07) is 6.20. The smallest absolute Gasteiger partial charge is 0.268 e. The number of primary amides is 1. The molecule has 0 aliphatic carbocycles. The van der Waals surface area contributed by atoms with Crippen LogP contribution in [0.5, 0.6) is 0 Å². The highest BCUT2D eigenvalue weighted by Crippen LogP contribution is 2.38. The van der Waals surface area contributed by atoms with Gasteiger partial charge in [0.05, 0.1) is 16.1 Å². The number of hydrogen-bond acceptors (Lipinski definition) is 5. The number of thiophene rings is 1. The van der Waals surface area contributed by atoms with Gasteiger partial charge in [0.1, 0.15) is 5.82 Å². The van der Waals surface area contributed by atoms with E-state index in [0.29, 0.717) is 23.0 Å². The van der Waals surface area contributed by atoms with E-state index in [-0.39, 0.29) is 5.82 Å². The van der Waals surface area contributed by atoms with Gasteiger partial charge in [-0.15, -0.1) is 11.3 Å². The molecule has 6 nitrogen and oxygen atoms in total. The van der Waals surface area contributed by atoms with E-state index in [4.69, 9.17) is 10.3 Å². The van der Waals surface area contributed by atoms with Gasteiger partial charge in [0.25, 0.3) is 5.89 Å². The van der Waals surface area contributed by atoms with Gasteiger partial charge in [-0.1, -0.05) is 5.16 Å². The highest BCUT2D eigenvalue weighted by molar-refractivity contribution is 7.22. The predicted molar refractivity (Wildman–Crippen MR) is 88.1 cm³/mol. The van der Waals surface area contributed by atoms with Crippen LogP contribution in [0.4, 0.5) is 4.39 Å². The number of carbonyl (C=O) groups is 1. The van der Waals surface area contributed by atoms with E-state index in [1.165, 1.54) is 29.7 Å². The summed E-state index contributed by atoms with van der Waals surface area (Å²) in [5.74, 6) is -0.157. The SMILES string of the molecule is Cc1c(-c2nc(-c3cc(C(N)=O)c[nH]3)no2)sc2ccc(F)cc12. The third-order valence-corrected chi connectivity index (χ3v) is 4.99. The molecule has 0 aliphatic rings. The third kappa shape index (κ3) is 2.28. The van der Waals surface area contributed by atoms with E-state index in [0.717, 1.165) is 20.5 Å². The minimum Gasteiger partial charge on any atom is -0.366 e. The quantitative estimate of drug-likeness (QED) is 0.595. The van der Waals surface area contributed by atoms with Gasteiger partial charge in [-0.2, -0.15) is 4.98 Å². The number of aromatic nitrogens is 3. The van der Waals surface area contributed by atoms with Crippen molar-refractivity contribution in [3.8, 4) is 22.3 Å². The highest BCUT2D eigenvalue weighted by atomic mass is 32.1. The molecule has 0 fully saturated rings. The fourth-order valence-electron chi connectivity index (χ4n) is 2.49. The van der Waals surface area contributed by atoms with Crippen LogP contribution in [0.3, 0.4) is 0 Å². The summed E-state index contributed by atoms with van der Waals surface area (Å²) < 4.78 is 19.7. The summed E-state index contributed by atoms with van der Waals surface area (Å²) in [7, 11) is 0. The van der Waals surface area contributed by atoms with Crippen LogP contribution < -0.4 is 5.73 Å². The Bertz CT molecular complexity index is 1080. The number of amides is 1. The average molecular weight is 342 g/mol. The molecule has 24 heavy (non-hydrogen) atoms. The molecule has 0 saturated heterocycles. The maximum absolute atomic E-state index is 13.4. The van der Waals surface area contributed by atoms with Crippen LogP contribution in [0.25, 0.3) is 32.4 Å². The van der Waals surface area contributed by atoms with Gasteiger partial charge >= 0.3 is 0 Å². The molecule has 8 heteroatoms. The van der Waals surface area contributed by atoms with E-state index in [1.807, 2.05) is 6.92 Å². The summed E-state index contributed by atoms with van der Waals surface area (Å²) in [6.45, 7) is 1.89. The first kappa shape index (κ1) is 14.6. The molecule has 1 amide bonds. The van der Waals surface area contributed by atoms with Crippen LogP contribution in [0.1, 0.15) is 15.9 Å². The van der Waals surface area contributed by atoms with Crippen molar-refractivity contribution in [1.29, 1.82) is 0 Å². The van der Waals surface area contributed by atoms with Crippen molar-refractivity contribution in [3.05, 3.63) is 47.4 Å². The lowest BCUT2D eigenvalue weighted by Crippen LogP contribution is -2.09. The van der Waals surface area contributed by atoms with Gasteiger partial charge in [-0.25, -0.2) is 4.39 Å². The lowest BCUT2D eigenvalue weighted by Gasteiger charge is -1.92. The molecule has 0 bridgehead atoms. The van der Waals surface area contributed by atoms with E-state index in [9.17, 15) is 9.18 Å². The summed E-state index contributed by atoms with van der Waals surface area (Å²) in [5, 5.41) is 4.75. The third-order valence-electron chi connectivity index (χ3n) is 3.73. The molecule has 0 atom stereocenters. The summed E-state index contributed by atoms with van der Waals surface area (Å²) in [6.07, 6.45) is 1.49. The van der Waals surface area contributed by atoms with E-state index >= 15 is 0 Å². The number of nitrogens with zero attached hydrogens (tertiary/aromatic N) is 2. The molecule has 0 spiro atoms. The molecular weight excluding hydrogens is 331 g/mol. The zero-order chi connectivity index (χ0) is 16.8. The largest absolute Gasteiger partial charge is 0.366 e.